The van der Waals surface area contributed by atoms with Gasteiger partial charge in [-0.15, -0.1) is 0 Å². The Morgan fingerprint density at radius 1 is 1.56 bits per heavy atom. The number of rotatable bonds is 1. The van der Waals surface area contributed by atoms with Crippen molar-refractivity contribution in [2.45, 2.75) is 6.92 Å². The van der Waals surface area contributed by atoms with Gasteiger partial charge in [0.1, 0.15) is 0 Å². The highest BCUT2D eigenvalue weighted by molar-refractivity contribution is 7.45. The molecule has 0 radical (unpaired) electrons. The van der Waals surface area contributed by atoms with Gasteiger partial charge in [0, 0.05) is 0 Å². The van der Waals surface area contributed by atoms with Crippen molar-refractivity contribution in [3.8, 4) is 0 Å². The number of hydrogen-bond acceptors (Lipinski definition) is 3. The molecule has 0 aliphatic rings. The van der Waals surface area contributed by atoms with Crippen LogP contribution in [0, 0.1) is 0 Å². The molecule has 0 fully saturated rings. The van der Waals surface area contributed by atoms with E-state index in [1.165, 1.54) is 0 Å². The second-order valence-corrected chi connectivity index (χ2v) is 2.00. The van der Waals surface area contributed by atoms with Crippen LogP contribution < -0.4 is 5.90 Å². The average Bonchev–Trinajstić information content (AvgIpc) is 1.61. The van der Waals surface area contributed by atoms with Gasteiger partial charge in [-0.05, 0) is 6.92 Å². The average molecular weight is 159 g/mol. The molecule has 6 nitrogen and oxygen atoms in total. The first-order chi connectivity index (χ1) is 3.91. The van der Waals surface area contributed by atoms with Crippen LogP contribution in [-0.2, 0) is 9.40 Å². The SMILES string of the molecule is CCON.O=P(O)(O)O. The van der Waals surface area contributed by atoms with Gasteiger partial charge in [-0.3, -0.25) is 0 Å². The lowest BCUT2D eigenvalue weighted by Gasteiger charge is -1.82. The summed E-state index contributed by atoms with van der Waals surface area (Å²) in [7, 11) is -4.64. The van der Waals surface area contributed by atoms with Gasteiger partial charge >= 0.3 is 7.82 Å². The Morgan fingerprint density at radius 2 is 1.67 bits per heavy atom. The van der Waals surface area contributed by atoms with Crippen molar-refractivity contribution in [1.29, 1.82) is 0 Å². The summed E-state index contributed by atoms with van der Waals surface area (Å²) < 4.78 is 8.88. The molecular formula is C2H10NO5P. The van der Waals surface area contributed by atoms with E-state index in [9.17, 15) is 0 Å². The molecule has 0 aromatic carbocycles. The number of phosphoric acid groups is 1. The lowest BCUT2D eigenvalue weighted by Crippen LogP contribution is -1.94. The third kappa shape index (κ3) is 275. The zero-order valence-corrected chi connectivity index (χ0v) is 5.78. The Morgan fingerprint density at radius 3 is 1.67 bits per heavy atom. The molecular weight excluding hydrogens is 149 g/mol. The minimum Gasteiger partial charge on any atom is -0.305 e. The van der Waals surface area contributed by atoms with Crippen LogP contribution >= 0.6 is 7.82 Å². The van der Waals surface area contributed by atoms with Gasteiger partial charge in [0.2, 0.25) is 0 Å². The topological polar surface area (TPSA) is 113 Å². The highest BCUT2D eigenvalue weighted by Crippen LogP contribution is 2.25. The molecule has 0 aromatic rings. The molecule has 5 N–H and O–H groups in total. The van der Waals surface area contributed by atoms with Crippen molar-refractivity contribution in [2.75, 3.05) is 6.61 Å². The molecule has 0 saturated carbocycles. The zero-order chi connectivity index (χ0) is 7.91. The molecule has 9 heavy (non-hydrogen) atoms. The Hall–Kier alpha value is 0.0300. The van der Waals surface area contributed by atoms with Gasteiger partial charge in [-0.1, -0.05) is 0 Å². The first-order valence-electron chi connectivity index (χ1n) is 2.01. The van der Waals surface area contributed by atoms with Crippen LogP contribution in [0.25, 0.3) is 0 Å². The molecule has 0 unspecified atom stereocenters. The van der Waals surface area contributed by atoms with E-state index < -0.39 is 7.82 Å². The monoisotopic (exact) mass is 159 g/mol. The zero-order valence-electron chi connectivity index (χ0n) is 4.89. The van der Waals surface area contributed by atoms with Gasteiger partial charge in [-0.2, -0.15) is 0 Å². The first-order valence-corrected chi connectivity index (χ1v) is 3.58. The van der Waals surface area contributed by atoms with Crippen LogP contribution in [0.15, 0.2) is 0 Å². The fourth-order valence-electron chi connectivity index (χ4n) is 0. The largest absolute Gasteiger partial charge is 0.466 e. The van der Waals surface area contributed by atoms with E-state index in [0.717, 1.165) is 0 Å². The molecule has 0 aromatic heterocycles. The van der Waals surface area contributed by atoms with Gasteiger partial charge < -0.3 is 19.5 Å². The second kappa shape index (κ2) is 6.15. The predicted octanol–water partition coefficient (Wildman–Crippen LogP) is -1.03. The highest BCUT2D eigenvalue weighted by Gasteiger charge is 2.00. The number of hydrogen-bond donors (Lipinski definition) is 4. The van der Waals surface area contributed by atoms with E-state index in [1.807, 2.05) is 6.92 Å². The first kappa shape index (κ1) is 11.8. The summed E-state index contributed by atoms with van der Waals surface area (Å²) >= 11 is 0. The maximum absolute atomic E-state index is 8.88. The summed E-state index contributed by atoms with van der Waals surface area (Å²) in [4.78, 5) is 25.6. The summed E-state index contributed by atoms with van der Waals surface area (Å²) in [5, 5.41) is 0. The maximum Gasteiger partial charge on any atom is 0.466 e. The fourth-order valence-corrected chi connectivity index (χ4v) is 0. The van der Waals surface area contributed by atoms with Crippen molar-refractivity contribution in [3.63, 3.8) is 0 Å². The van der Waals surface area contributed by atoms with Gasteiger partial charge in [0.25, 0.3) is 0 Å². The van der Waals surface area contributed by atoms with E-state index in [-0.39, 0.29) is 0 Å². The Balaban J connectivity index is 0. The molecule has 7 heteroatoms. The number of nitrogens with two attached hydrogens (primary N) is 1. The van der Waals surface area contributed by atoms with Gasteiger partial charge in [-0.25, -0.2) is 10.5 Å². The summed E-state index contributed by atoms with van der Waals surface area (Å²) in [6, 6.07) is 0. The van der Waals surface area contributed by atoms with E-state index >= 15 is 0 Å². The van der Waals surface area contributed by atoms with E-state index in [2.05, 4.69) is 10.7 Å². The van der Waals surface area contributed by atoms with E-state index in [4.69, 9.17) is 19.2 Å². The molecule has 0 aliphatic carbocycles. The summed E-state index contributed by atoms with van der Waals surface area (Å²) in [5.41, 5.74) is 0. The van der Waals surface area contributed by atoms with E-state index in [1.54, 1.807) is 0 Å². The highest BCUT2D eigenvalue weighted by atomic mass is 31.2. The van der Waals surface area contributed by atoms with Crippen LogP contribution in [0.2, 0.25) is 0 Å². The van der Waals surface area contributed by atoms with Crippen LogP contribution in [0.1, 0.15) is 6.92 Å². The van der Waals surface area contributed by atoms with Crippen LogP contribution in [0.4, 0.5) is 0 Å². The van der Waals surface area contributed by atoms with Crippen molar-refractivity contribution < 1.29 is 24.1 Å². The van der Waals surface area contributed by atoms with Gasteiger partial charge in [0.15, 0.2) is 0 Å². The molecule has 0 atom stereocenters. The molecule has 58 valence electrons. The van der Waals surface area contributed by atoms with Crippen molar-refractivity contribution in [2.24, 2.45) is 5.90 Å². The Labute approximate surface area is 52.4 Å². The minimum absolute atomic E-state index is 0.597. The van der Waals surface area contributed by atoms with Crippen molar-refractivity contribution in [3.05, 3.63) is 0 Å². The van der Waals surface area contributed by atoms with Crippen LogP contribution in [0.3, 0.4) is 0 Å². The van der Waals surface area contributed by atoms with Crippen LogP contribution in [0.5, 0.6) is 0 Å². The molecule has 0 spiro atoms. The minimum atomic E-state index is -4.64. The second-order valence-electron chi connectivity index (χ2n) is 0.969. The Bertz CT molecular complexity index is 78.7. The predicted molar refractivity (Wildman–Crippen MR) is 30.1 cm³/mol. The third-order valence-corrected chi connectivity index (χ3v) is 0.167. The summed E-state index contributed by atoms with van der Waals surface area (Å²) in [6.45, 7) is 2.43. The lowest BCUT2D eigenvalue weighted by molar-refractivity contribution is 0.152. The van der Waals surface area contributed by atoms with Crippen molar-refractivity contribution in [1.82, 2.24) is 0 Å². The smallest absolute Gasteiger partial charge is 0.305 e. The molecule has 0 heterocycles. The lowest BCUT2D eigenvalue weighted by atomic mass is 10.9. The van der Waals surface area contributed by atoms with E-state index in [0.29, 0.717) is 6.61 Å². The molecule has 0 rings (SSSR count). The van der Waals surface area contributed by atoms with Crippen molar-refractivity contribution >= 4 is 7.82 Å². The van der Waals surface area contributed by atoms with Gasteiger partial charge in [0.05, 0.1) is 6.61 Å². The summed E-state index contributed by atoms with van der Waals surface area (Å²) in [5.74, 6) is 4.53. The fraction of sp³-hybridized carbons (Fsp3) is 1.00. The molecule has 0 amide bonds. The molecule has 0 saturated heterocycles. The standard InChI is InChI=1S/C2H7NO.H3O4P/c1-2-4-3;1-5(2,3)4/h2-3H2,1H3;(H3,1,2,3,4). The quantitative estimate of drug-likeness (QED) is 0.287. The normalized spacial score (nSPS) is 9.89. The van der Waals surface area contributed by atoms with Crippen LogP contribution in [-0.4, -0.2) is 21.3 Å². The molecule has 0 bridgehead atoms. The summed E-state index contributed by atoms with van der Waals surface area (Å²) in [6.07, 6.45) is 0. The maximum atomic E-state index is 8.88. The molecule has 0 aliphatic heterocycles. The Kier molecular flexibility index (Phi) is 8.06. The third-order valence-electron chi connectivity index (χ3n) is 0.167.